The summed E-state index contributed by atoms with van der Waals surface area (Å²) in [4.78, 5) is 25.5. The molecule has 22 heavy (non-hydrogen) atoms. The predicted molar refractivity (Wildman–Crippen MR) is 85.3 cm³/mol. The number of amides is 2. The van der Waals surface area contributed by atoms with E-state index in [9.17, 15) is 9.59 Å². The van der Waals surface area contributed by atoms with Gasteiger partial charge in [-0.2, -0.15) is 0 Å². The molecule has 1 aliphatic heterocycles. The maximum absolute atomic E-state index is 11.7. The van der Waals surface area contributed by atoms with Gasteiger partial charge in [0.1, 0.15) is 0 Å². The lowest BCUT2D eigenvalue weighted by molar-refractivity contribution is -0.139. The highest BCUT2D eigenvalue weighted by Crippen LogP contribution is 2.23. The van der Waals surface area contributed by atoms with Crippen LogP contribution in [0.4, 0.5) is 0 Å². The van der Waals surface area contributed by atoms with Crippen LogP contribution in [-0.2, 0) is 16.6 Å². The molecule has 0 unspecified atom stereocenters. The maximum Gasteiger partial charge on any atom is 0.309 e. The number of rotatable bonds is 4. The Kier molecular flexibility index (Phi) is 6.00. The molecular weight excluding hydrogens is 280 g/mol. The molecule has 1 aromatic rings. The standard InChI is InChI=1S/C16H26N4O2/c1-17-15(21)16(22)18-12-14(13-8-7-9-19(13)2)20-10-5-3-4-6-11-20/h7-9,14H,3-6,10-12H2,1-2H3,(H,17,21)(H,18,22)/t14-/m1/s1. The van der Waals surface area contributed by atoms with Gasteiger partial charge in [0.15, 0.2) is 0 Å². The van der Waals surface area contributed by atoms with E-state index < -0.39 is 11.8 Å². The smallest absolute Gasteiger partial charge is 0.309 e. The molecule has 2 N–H and O–H groups in total. The second kappa shape index (κ2) is 7.98. The zero-order valence-corrected chi connectivity index (χ0v) is 13.5. The van der Waals surface area contributed by atoms with E-state index in [2.05, 4.69) is 26.2 Å². The average Bonchev–Trinajstić information content (AvgIpc) is 2.78. The van der Waals surface area contributed by atoms with E-state index in [4.69, 9.17) is 0 Å². The minimum atomic E-state index is -0.596. The van der Waals surface area contributed by atoms with Gasteiger partial charge in [-0.15, -0.1) is 0 Å². The molecule has 1 aromatic heterocycles. The normalized spacial score (nSPS) is 17.5. The van der Waals surface area contributed by atoms with Gasteiger partial charge in [0, 0.05) is 32.5 Å². The first-order chi connectivity index (χ1) is 10.6. The maximum atomic E-state index is 11.7. The predicted octanol–water partition coefficient (Wildman–Crippen LogP) is 0.804. The van der Waals surface area contributed by atoms with Crippen LogP contribution in [0.2, 0.25) is 0 Å². The summed E-state index contributed by atoms with van der Waals surface area (Å²) >= 11 is 0. The van der Waals surface area contributed by atoms with E-state index in [1.165, 1.54) is 38.4 Å². The Morgan fingerprint density at radius 1 is 1.18 bits per heavy atom. The lowest BCUT2D eigenvalue weighted by Crippen LogP contribution is -2.44. The molecule has 122 valence electrons. The van der Waals surface area contributed by atoms with E-state index in [0.717, 1.165) is 13.1 Å². The quantitative estimate of drug-likeness (QED) is 0.809. The van der Waals surface area contributed by atoms with Crippen LogP contribution in [0.3, 0.4) is 0 Å². The van der Waals surface area contributed by atoms with Crippen LogP contribution in [0.5, 0.6) is 0 Å². The number of aryl methyl sites for hydroxylation is 1. The minimum absolute atomic E-state index is 0.103. The van der Waals surface area contributed by atoms with Crippen molar-refractivity contribution in [1.82, 2.24) is 20.1 Å². The van der Waals surface area contributed by atoms with Gasteiger partial charge in [0.05, 0.1) is 6.04 Å². The Morgan fingerprint density at radius 2 is 1.86 bits per heavy atom. The van der Waals surface area contributed by atoms with Gasteiger partial charge in [-0.3, -0.25) is 14.5 Å². The highest BCUT2D eigenvalue weighted by Gasteiger charge is 2.24. The SMILES string of the molecule is CNC(=O)C(=O)NC[C@H](c1cccn1C)N1CCCCCC1. The Morgan fingerprint density at radius 3 is 2.41 bits per heavy atom. The molecule has 0 aliphatic carbocycles. The molecule has 0 aromatic carbocycles. The Labute approximate surface area is 131 Å². The molecule has 0 saturated carbocycles. The summed E-state index contributed by atoms with van der Waals surface area (Å²) in [5, 5.41) is 5.12. The number of hydrogen-bond donors (Lipinski definition) is 2. The van der Waals surface area contributed by atoms with Crippen molar-refractivity contribution in [3.63, 3.8) is 0 Å². The highest BCUT2D eigenvalue weighted by atomic mass is 16.2. The van der Waals surface area contributed by atoms with E-state index in [1.54, 1.807) is 0 Å². The monoisotopic (exact) mass is 306 g/mol. The van der Waals surface area contributed by atoms with Crippen molar-refractivity contribution < 1.29 is 9.59 Å². The van der Waals surface area contributed by atoms with Gasteiger partial charge < -0.3 is 15.2 Å². The number of likely N-dealkylation sites (tertiary alicyclic amines) is 1. The van der Waals surface area contributed by atoms with Crippen LogP contribution < -0.4 is 10.6 Å². The van der Waals surface area contributed by atoms with Crippen molar-refractivity contribution in [1.29, 1.82) is 0 Å². The molecule has 6 heteroatoms. The van der Waals surface area contributed by atoms with Crippen LogP contribution in [0.1, 0.15) is 37.4 Å². The topological polar surface area (TPSA) is 66.4 Å². The summed E-state index contributed by atoms with van der Waals surface area (Å²) in [6.07, 6.45) is 6.91. The Bertz CT molecular complexity index is 504. The third-order valence-electron chi connectivity index (χ3n) is 4.30. The molecule has 1 fully saturated rings. The van der Waals surface area contributed by atoms with Crippen LogP contribution in [0.15, 0.2) is 18.3 Å². The van der Waals surface area contributed by atoms with E-state index >= 15 is 0 Å². The first-order valence-corrected chi connectivity index (χ1v) is 7.98. The number of likely N-dealkylation sites (N-methyl/N-ethyl adjacent to an activating group) is 1. The first kappa shape index (κ1) is 16.5. The summed E-state index contributed by atoms with van der Waals surface area (Å²) in [6.45, 7) is 2.52. The third kappa shape index (κ3) is 4.10. The summed E-state index contributed by atoms with van der Waals surface area (Å²) in [7, 11) is 3.48. The number of aromatic nitrogens is 1. The molecule has 2 heterocycles. The summed E-state index contributed by atoms with van der Waals surface area (Å²) in [6, 6.07) is 4.20. The number of carbonyl (C=O) groups excluding carboxylic acids is 2. The second-order valence-corrected chi connectivity index (χ2v) is 5.80. The molecule has 6 nitrogen and oxygen atoms in total. The van der Waals surface area contributed by atoms with E-state index in [-0.39, 0.29) is 6.04 Å². The van der Waals surface area contributed by atoms with Crippen LogP contribution in [0, 0.1) is 0 Å². The summed E-state index contributed by atoms with van der Waals surface area (Å²) < 4.78 is 2.08. The van der Waals surface area contributed by atoms with Gasteiger partial charge >= 0.3 is 11.8 Å². The van der Waals surface area contributed by atoms with E-state index in [0.29, 0.717) is 6.54 Å². The Hall–Kier alpha value is -1.82. The van der Waals surface area contributed by atoms with Crippen molar-refractivity contribution in [2.75, 3.05) is 26.7 Å². The van der Waals surface area contributed by atoms with Crippen LogP contribution >= 0.6 is 0 Å². The van der Waals surface area contributed by atoms with Gasteiger partial charge in [0.2, 0.25) is 0 Å². The van der Waals surface area contributed by atoms with Crippen molar-refractivity contribution >= 4 is 11.8 Å². The molecule has 2 rings (SSSR count). The van der Waals surface area contributed by atoms with Crippen LogP contribution in [-0.4, -0.2) is 48.0 Å². The van der Waals surface area contributed by atoms with Crippen molar-refractivity contribution in [3.8, 4) is 0 Å². The number of hydrogen-bond acceptors (Lipinski definition) is 3. The van der Waals surface area contributed by atoms with Gasteiger partial charge in [-0.05, 0) is 38.1 Å². The van der Waals surface area contributed by atoms with E-state index in [1.807, 2.05) is 19.3 Å². The highest BCUT2D eigenvalue weighted by molar-refractivity contribution is 6.35. The minimum Gasteiger partial charge on any atom is -0.353 e. The fourth-order valence-electron chi connectivity index (χ4n) is 3.03. The lowest BCUT2D eigenvalue weighted by atomic mass is 10.1. The summed E-state index contributed by atoms with van der Waals surface area (Å²) in [5.41, 5.74) is 1.17. The van der Waals surface area contributed by atoms with Gasteiger partial charge in [0.25, 0.3) is 0 Å². The first-order valence-electron chi connectivity index (χ1n) is 7.98. The molecule has 0 radical (unpaired) electrons. The number of nitrogens with zero attached hydrogens (tertiary/aromatic N) is 2. The molecule has 2 amide bonds. The number of nitrogens with one attached hydrogen (secondary N) is 2. The molecule has 0 spiro atoms. The molecule has 1 aliphatic rings. The average molecular weight is 306 g/mol. The molecular formula is C16H26N4O2. The van der Waals surface area contributed by atoms with Crippen LogP contribution in [0.25, 0.3) is 0 Å². The molecule has 0 bridgehead atoms. The van der Waals surface area contributed by atoms with Gasteiger partial charge in [-0.25, -0.2) is 0 Å². The van der Waals surface area contributed by atoms with Crippen molar-refractivity contribution in [2.45, 2.75) is 31.7 Å². The fraction of sp³-hybridized carbons (Fsp3) is 0.625. The fourth-order valence-corrected chi connectivity index (χ4v) is 3.03. The molecule has 1 saturated heterocycles. The summed E-state index contributed by atoms with van der Waals surface area (Å²) in [5.74, 6) is -1.17. The van der Waals surface area contributed by atoms with Crippen molar-refractivity contribution in [2.24, 2.45) is 7.05 Å². The Balaban J connectivity index is 2.09. The lowest BCUT2D eigenvalue weighted by Gasteiger charge is -2.31. The number of carbonyl (C=O) groups is 2. The molecule has 1 atom stereocenters. The van der Waals surface area contributed by atoms with Crippen molar-refractivity contribution in [3.05, 3.63) is 24.0 Å². The second-order valence-electron chi connectivity index (χ2n) is 5.80. The van der Waals surface area contributed by atoms with Gasteiger partial charge in [-0.1, -0.05) is 12.8 Å². The zero-order valence-electron chi connectivity index (χ0n) is 13.5. The largest absolute Gasteiger partial charge is 0.353 e. The zero-order chi connectivity index (χ0) is 15.9. The third-order valence-corrected chi connectivity index (χ3v) is 4.30.